The molecule has 1 aromatic heterocycles. The molecule has 0 fully saturated rings. The second-order valence-corrected chi connectivity index (χ2v) is 7.72. The van der Waals surface area contributed by atoms with E-state index in [2.05, 4.69) is 15.7 Å². The third-order valence-corrected chi connectivity index (χ3v) is 5.59. The molecule has 0 saturated carbocycles. The minimum atomic E-state index is -0.592. The summed E-state index contributed by atoms with van der Waals surface area (Å²) < 4.78 is 34.9. The average molecular weight is 458 g/mol. The number of benzene rings is 3. The Balaban J connectivity index is 1.57. The van der Waals surface area contributed by atoms with Gasteiger partial charge in [-0.3, -0.25) is 4.79 Å². The molecule has 0 bridgehead atoms. The van der Waals surface area contributed by atoms with Crippen molar-refractivity contribution in [2.45, 2.75) is 6.04 Å². The first kappa shape index (κ1) is 21.4. The standard InChI is InChI=1S/C26H20F2N4O2/c1-34-19-6-4-5-16(13-19)23-14-24(20-7-2-3-8-22(20)28)32-25(31-23)21(15-29-32)26(33)30-18-11-9-17(27)10-12-18/h2-15,24,31H,1H3,(H,30,33)/t24-/m0/s1. The second kappa shape index (κ2) is 8.82. The number of hydrogen-bond donors (Lipinski definition) is 2. The number of fused-ring (bicyclic) bond motifs is 1. The largest absolute Gasteiger partial charge is 0.497 e. The number of rotatable bonds is 5. The van der Waals surface area contributed by atoms with Crippen LogP contribution in [0.25, 0.3) is 5.70 Å². The lowest BCUT2D eigenvalue weighted by Crippen LogP contribution is -2.22. The van der Waals surface area contributed by atoms with Crippen molar-refractivity contribution in [3.05, 3.63) is 113 Å². The van der Waals surface area contributed by atoms with Gasteiger partial charge in [0.2, 0.25) is 0 Å². The highest BCUT2D eigenvalue weighted by Crippen LogP contribution is 2.36. The zero-order chi connectivity index (χ0) is 23.7. The highest BCUT2D eigenvalue weighted by molar-refractivity contribution is 6.08. The van der Waals surface area contributed by atoms with Crippen molar-refractivity contribution in [2.24, 2.45) is 0 Å². The molecule has 0 radical (unpaired) electrons. The number of carbonyl (C=O) groups excluding carboxylic acids is 1. The second-order valence-electron chi connectivity index (χ2n) is 7.72. The number of nitrogens with zero attached hydrogens (tertiary/aromatic N) is 2. The summed E-state index contributed by atoms with van der Waals surface area (Å²) in [4.78, 5) is 13.1. The number of nitrogens with one attached hydrogen (secondary N) is 2. The van der Waals surface area contributed by atoms with E-state index in [9.17, 15) is 13.6 Å². The fourth-order valence-electron chi connectivity index (χ4n) is 3.89. The van der Waals surface area contributed by atoms with Crippen LogP contribution < -0.4 is 15.4 Å². The fraction of sp³-hybridized carbons (Fsp3) is 0.0769. The van der Waals surface area contributed by atoms with Gasteiger partial charge < -0.3 is 15.4 Å². The summed E-state index contributed by atoms with van der Waals surface area (Å²) in [5.41, 5.74) is 2.60. The van der Waals surface area contributed by atoms with E-state index in [-0.39, 0.29) is 11.4 Å². The Bertz CT molecular complexity index is 1400. The molecule has 0 unspecified atom stereocenters. The predicted octanol–water partition coefficient (Wildman–Crippen LogP) is 5.48. The van der Waals surface area contributed by atoms with Crippen LogP contribution in [0.1, 0.15) is 27.5 Å². The zero-order valence-electron chi connectivity index (χ0n) is 18.1. The molecule has 6 nitrogen and oxygen atoms in total. The van der Waals surface area contributed by atoms with Crippen molar-refractivity contribution in [1.29, 1.82) is 0 Å². The molecule has 1 amide bonds. The Morgan fingerprint density at radius 3 is 2.62 bits per heavy atom. The molecule has 0 saturated heterocycles. The number of aromatic nitrogens is 2. The maximum Gasteiger partial charge on any atom is 0.261 e. The monoisotopic (exact) mass is 458 g/mol. The molecule has 4 aromatic rings. The van der Waals surface area contributed by atoms with E-state index in [0.717, 1.165) is 5.56 Å². The molecule has 1 aliphatic heterocycles. The first-order valence-corrected chi connectivity index (χ1v) is 10.6. The maximum atomic E-state index is 14.8. The van der Waals surface area contributed by atoms with Crippen molar-refractivity contribution in [1.82, 2.24) is 9.78 Å². The van der Waals surface area contributed by atoms with Gasteiger partial charge in [-0.05, 0) is 48.5 Å². The Kier molecular flexibility index (Phi) is 5.55. The van der Waals surface area contributed by atoms with Crippen molar-refractivity contribution in [3.63, 3.8) is 0 Å². The van der Waals surface area contributed by atoms with E-state index in [1.54, 1.807) is 30.0 Å². The van der Waals surface area contributed by atoms with Crippen LogP contribution in [-0.4, -0.2) is 22.8 Å². The summed E-state index contributed by atoms with van der Waals surface area (Å²) in [6, 6.07) is 18.8. The summed E-state index contributed by atoms with van der Waals surface area (Å²) in [6.07, 6.45) is 3.28. The van der Waals surface area contributed by atoms with Crippen LogP contribution in [0.3, 0.4) is 0 Å². The van der Waals surface area contributed by atoms with Crippen LogP contribution >= 0.6 is 0 Å². The van der Waals surface area contributed by atoms with Gasteiger partial charge in [0.05, 0.1) is 13.3 Å². The number of anilines is 2. The van der Waals surface area contributed by atoms with E-state index in [1.807, 2.05) is 30.3 Å². The van der Waals surface area contributed by atoms with Crippen LogP contribution in [0.5, 0.6) is 5.75 Å². The molecule has 170 valence electrons. The summed E-state index contributed by atoms with van der Waals surface area (Å²) in [7, 11) is 1.58. The predicted molar refractivity (Wildman–Crippen MR) is 126 cm³/mol. The number of carbonyl (C=O) groups is 1. The first-order chi connectivity index (χ1) is 16.5. The third kappa shape index (κ3) is 4.01. The highest BCUT2D eigenvalue weighted by Gasteiger charge is 2.29. The van der Waals surface area contributed by atoms with Crippen LogP contribution in [0.2, 0.25) is 0 Å². The number of halogens is 2. The lowest BCUT2D eigenvalue weighted by Gasteiger charge is -2.26. The molecule has 5 rings (SSSR count). The number of amides is 1. The van der Waals surface area contributed by atoms with Gasteiger partial charge in [-0.15, -0.1) is 0 Å². The lowest BCUT2D eigenvalue weighted by atomic mass is 10.0. The minimum absolute atomic E-state index is 0.263. The van der Waals surface area contributed by atoms with Gasteiger partial charge in [-0.25, -0.2) is 13.5 Å². The molecule has 8 heteroatoms. The van der Waals surface area contributed by atoms with Crippen molar-refractivity contribution in [3.8, 4) is 5.75 Å². The molecule has 1 aliphatic rings. The van der Waals surface area contributed by atoms with Crippen LogP contribution in [0, 0.1) is 11.6 Å². The molecular weight excluding hydrogens is 438 g/mol. The van der Waals surface area contributed by atoms with Gasteiger partial charge >= 0.3 is 0 Å². The topological polar surface area (TPSA) is 68.2 Å². The molecule has 2 N–H and O–H groups in total. The lowest BCUT2D eigenvalue weighted by molar-refractivity contribution is 0.102. The normalized spacial score (nSPS) is 14.6. The fourth-order valence-corrected chi connectivity index (χ4v) is 3.89. The van der Waals surface area contributed by atoms with Gasteiger partial charge in [0.25, 0.3) is 5.91 Å². The van der Waals surface area contributed by atoms with Gasteiger partial charge in [0, 0.05) is 22.5 Å². The van der Waals surface area contributed by atoms with E-state index in [4.69, 9.17) is 4.74 Å². The van der Waals surface area contributed by atoms with Crippen molar-refractivity contribution in [2.75, 3.05) is 17.7 Å². The van der Waals surface area contributed by atoms with Gasteiger partial charge in [0.15, 0.2) is 0 Å². The van der Waals surface area contributed by atoms with E-state index < -0.39 is 17.8 Å². The van der Waals surface area contributed by atoms with Crippen molar-refractivity contribution >= 4 is 23.1 Å². The summed E-state index contributed by atoms with van der Waals surface area (Å²) in [5, 5.41) is 10.4. The number of methoxy groups -OCH3 is 1. The summed E-state index contributed by atoms with van der Waals surface area (Å²) >= 11 is 0. The molecule has 2 heterocycles. The van der Waals surface area contributed by atoms with Crippen LogP contribution in [0.4, 0.5) is 20.3 Å². The Labute approximate surface area is 194 Å². The van der Waals surface area contributed by atoms with Crippen LogP contribution in [0.15, 0.2) is 85.1 Å². The maximum absolute atomic E-state index is 14.8. The first-order valence-electron chi connectivity index (χ1n) is 10.6. The number of allylic oxidation sites excluding steroid dienone is 1. The molecule has 0 aliphatic carbocycles. The zero-order valence-corrected chi connectivity index (χ0v) is 18.1. The molecule has 3 aromatic carbocycles. The summed E-state index contributed by atoms with van der Waals surface area (Å²) in [6.45, 7) is 0. The SMILES string of the molecule is COc1cccc(C2=C[C@@H](c3ccccc3F)n3ncc(C(=O)Nc4ccc(F)cc4)c3N2)c1. The minimum Gasteiger partial charge on any atom is -0.497 e. The Hall–Kier alpha value is -4.46. The molecule has 0 spiro atoms. The Morgan fingerprint density at radius 1 is 1.06 bits per heavy atom. The van der Waals surface area contributed by atoms with E-state index in [1.165, 1.54) is 36.5 Å². The van der Waals surface area contributed by atoms with Crippen molar-refractivity contribution < 1.29 is 18.3 Å². The molecule has 1 atom stereocenters. The van der Waals surface area contributed by atoms with E-state index >= 15 is 0 Å². The third-order valence-electron chi connectivity index (χ3n) is 5.59. The average Bonchev–Trinajstić information content (AvgIpc) is 3.29. The summed E-state index contributed by atoms with van der Waals surface area (Å²) in [5.74, 6) is -0.138. The molecule has 34 heavy (non-hydrogen) atoms. The number of hydrogen-bond acceptors (Lipinski definition) is 4. The smallest absolute Gasteiger partial charge is 0.261 e. The van der Waals surface area contributed by atoms with Gasteiger partial charge in [-0.1, -0.05) is 30.3 Å². The highest BCUT2D eigenvalue weighted by atomic mass is 19.1. The molecular formula is C26H20F2N4O2. The van der Waals surface area contributed by atoms with E-state index in [0.29, 0.717) is 28.5 Å². The van der Waals surface area contributed by atoms with Gasteiger partial charge in [0.1, 0.15) is 34.8 Å². The Morgan fingerprint density at radius 2 is 1.85 bits per heavy atom. The quantitative estimate of drug-likeness (QED) is 0.416. The van der Waals surface area contributed by atoms with Gasteiger partial charge in [-0.2, -0.15) is 5.10 Å². The number of ether oxygens (including phenoxy) is 1. The van der Waals surface area contributed by atoms with Crippen LogP contribution in [-0.2, 0) is 0 Å².